The van der Waals surface area contributed by atoms with Gasteiger partial charge in [-0.1, -0.05) is 0 Å². The van der Waals surface area contributed by atoms with Crippen LogP contribution >= 0.6 is 0 Å². The van der Waals surface area contributed by atoms with E-state index in [0.717, 1.165) is 6.54 Å². The van der Waals surface area contributed by atoms with Gasteiger partial charge in [0.1, 0.15) is 0 Å². The van der Waals surface area contributed by atoms with Crippen molar-refractivity contribution < 1.29 is 9.13 Å². The molecule has 0 aromatic rings. The molecule has 2 nitrogen and oxygen atoms in total. The van der Waals surface area contributed by atoms with Gasteiger partial charge in [0.2, 0.25) is 0 Å². The largest absolute Gasteiger partial charge is 0.375 e. The zero-order valence-electron chi connectivity index (χ0n) is 7.19. The quantitative estimate of drug-likeness (QED) is 0.655. The average Bonchev–Trinajstić information content (AvgIpc) is 1.94. The van der Waals surface area contributed by atoms with Gasteiger partial charge < -0.3 is 10.1 Å². The lowest BCUT2D eigenvalue weighted by Crippen LogP contribution is -2.53. The van der Waals surface area contributed by atoms with Gasteiger partial charge in [-0.05, 0) is 13.8 Å². The van der Waals surface area contributed by atoms with Gasteiger partial charge in [0, 0.05) is 18.5 Å². The number of nitrogens with one attached hydrogen (secondary N) is 1. The van der Waals surface area contributed by atoms with Crippen LogP contribution in [0.2, 0.25) is 0 Å². The summed E-state index contributed by atoms with van der Waals surface area (Å²) in [7, 11) is 0. The summed E-state index contributed by atoms with van der Waals surface area (Å²) in [6.07, 6.45) is 0.594. The molecule has 1 unspecified atom stereocenters. The van der Waals surface area contributed by atoms with Gasteiger partial charge >= 0.3 is 0 Å². The summed E-state index contributed by atoms with van der Waals surface area (Å²) >= 11 is 0. The van der Waals surface area contributed by atoms with Crippen molar-refractivity contribution in [2.75, 3.05) is 19.8 Å². The van der Waals surface area contributed by atoms with Crippen molar-refractivity contribution in [3.05, 3.63) is 0 Å². The maximum absolute atomic E-state index is 11.9. The van der Waals surface area contributed by atoms with Crippen LogP contribution in [0.25, 0.3) is 0 Å². The Kier molecular flexibility index (Phi) is 2.84. The van der Waals surface area contributed by atoms with Crippen LogP contribution in [0.4, 0.5) is 4.39 Å². The molecule has 1 atom stereocenters. The van der Waals surface area contributed by atoms with Crippen molar-refractivity contribution in [3.63, 3.8) is 0 Å². The normalized spacial score (nSPS) is 30.3. The molecular weight excluding hydrogens is 145 g/mol. The lowest BCUT2D eigenvalue weighted by Gasteiger charge is -2.35. The molecule has 1 saturated heterocycles. The van der Waals surface area contributed by atoms with Crippen LogP contribution in [-0.4, -0.2) is 31.5 Å². The second kappa shape index (κ2) is 3.50. The van der Waals surface area contributed by atoms with E-state index in [1.54, 1.807) is 0 Å². The molecule has 0 bridgehead atoms. The Morgan fingerprint density at radius 2 is 2.36 bits per heavy atom. The molecule has 0 amide bonds. The van der Waals surface area contributed by atoms with Crippen LogP contribution in [0.1, 0.15) is 20.3 Å². The van der Waals surface area contributed by atoms with Crippen LogP contribution < -0.4 is 5.32 Å². The Bertz CT molecular complexity index is 117. The summed E-state index contributed by atoms with van der Waals surface area (Å²) in [6, 6.07) is 0. The molecule has 0 spiro atoms. The molecule has 1 aliphatic heterocycles. The highest BCUT2D eigenvalue weighted by molar-refractivity contribution is 4.83. The van der Waals surface area contributed by atoms with E-state index >= 15 is 0 Å². The first kappa shape index (κ1) is 8.94. The highest BCUT2D eigenvalue weighted by Crippen LogP contribution is 2.12. The Balaban J connectivity index is 2.25. The lowest BCUT2D eigenvalue weighted by molar-refractivity contribution is -0.0274. The third-order valence-corrected chi connectivity index (χ3v) is 1.92. The predicted octanol–water partition coefficient (Wildman–Crippen LogP) is 1.11. The lowest BCUT2D eigenvalue weighted by atomic mass is 10.0. The van der Waals surface area contributed by atoms with Gasteiger partial charge in [0.05, 0.1) is 19.4 Å². The van der Waals surface area contributed by atoms with Crippen LogP contribution in [0.5, 0.6) is 0 Å². The minimum Gasteiger partial charge on any atom is -0.375 e. The van der Waals surface area contributed by atoms with Gasteiger partial charge in [-0.3, -0.25) is 4.39 Å². The van der Waals surface area contributed by atoms with E-state index in [-0.39, 0.29) is 18.3 Å². The van der Waals surface area contributed by atoms with Gasteiger partial charge in [-0.25, -0.2) is 0 Å². The SMILES string of the molecule is CC1(C)COC(CCF)CN1. The number of halogens is 1. The number of hydrogen-bond donors (Lipinski definition) is 1. The molecule has 1 heterocycles. The number of ether oxygens (including phenoxy) is 1. The third-order valence-electron chi connectivity index (χ3n) is 1.92. The Hall–Kier alpha value is -0.150. The minimum absolute atomic E-state index is 0.0623. The van der Waals surface area contributed by atoms with E-state index in [1.807, 2.05) is 0 Å². The molecule has 11 heavy (non-hydrogen) atoms. The van der Waals surface area contributed by atoms with Gasteiger partial charge in [0.15, 0.2) is 0 Å². The maximum Gasteiger partial charge on any atom is 0.0919 e. The van der Waals surface area contributed by atoms with Crippen molar-refractivity contribution in [1.82, 2.24) is 5.32 Å². The first-order valence-electron chi connectivity index (χ1n) is 4.07. The number of hydrogen-bond acceptors (Lipinski definition) is 2. The monoisotopic (exact) mass is 161 g/mol. The maximum atomic E-state index is 11.9. The molecule has 3 heteroatoms. The number of rotatable bonds is 2. The molecule has 1 aliphatic rings. The number of alkyl halides is 1. The molecule has 0 aromatic heterocycles. The minimum atomic E-state index is -0.285. The summed E-state index contributed by atoms with van der Waals surface area (Å²) in [5, 5.41) is 3.30. The fourth-order valence-corrected chi connectivity index (χ4v) is 1.13. The summed E-state index contributed by atoms with van der Waals surface area (Å²) < 4.78 is 17.3. The molecule has 1 fully saturated rings. The van der Waals surface area contributed by atoms with E-state index in [0.29, 0.717) is 13.0 Å². The summed E-state index contributed by atoms with van der Waals surface area (Å²) in [6.45, 7) is 5.33. The first-order valence-corrected chi connectivity index (χ1v) is 4.07. The van der Waals surface area contributed by atoms with Crippen LogP contribution in [-0.2, 0) is 4.74 Å². The fourth-order valence-electron chi connectivity index (χ4n) is 1.13. The Morgan fingerprint density at radius 3 is 2.82 bits per heavy atom. The molecular formula is C8H16FNO. The highest BCUT2D eigenvalue weighted by Gasteiger charge is 2.26. The summed E-state index contributed by atoms with van der Waals surface area (Å²) in [4.78, 5) is 0. The van der Waals surface area contributed by atoms with Gasteiger partial charge in [-0.2, -0.15) is 0 Å². The number of morpholine rings is 1. The molecule has 66 valence electrons. The molecule has 0 saturated carbocycles. The zero-order valence-corrected chi connectivity index (χ0v) is 7.19. The second-order valence-corrected chi connectivity index (χ2v) is 3.68. The molecule has 1 N–H and O–H groups in total. The molecule has 0 aliphatic carbocycles. The topological polar surface area (TPSA) is 21.3 Å². The van der Waals surface area contributed by atoms with E-state index in [9.17, 15) is 4.39 Å². The standard InChI is InChI=1S/C8H16FNO/c1-8(2)6-11-7(3-4-9)5-10-8/h7,10H,3-6H2,1-2H3. The van der Waals surface area contributed by atoms with E-state index in [4.69, 9.17) is 4.74 Å². The van der Waals surface area contributed by atoms with Crippen LogP contribution in [0, 0.1) is 0 Å². The predicted molar refractivity (Wildman–Crippen MR) is 42.4 cm³/mol. The molecule has 1 rings (SSSR count). The van der Waals surface area contributed by atoms with Gasteiger partial charge in [-0.15, -0.1) is 0 Å². The second-order valence-electron chi connectivity index (χ2n) is 3.68. The van der Waals surface area contributed by atoms with Crippen molar-refractivity contribution in [2.45, 2.75) is 31.9 Å². The summed E-state index contributed by atoms with van der Waals surface area (Å²) in [5.41, 5.74) is 0.0623. The van der Waals surface area contributed by atoms with Crippen molar-refractivity contribution in [2.24, 2.45) is 0 Å². The zero-order chi connectivity index (χ0) is 8.32. The van der Waals surface area contributed by atoms with Crippen molar-refractivity contribution in [3.8, 4) is 0 Å². The molecule has 0 radical (unpaired) electrons. The fraction of sp³-hybridized carbons (Fsp3) is 1.00. The Labute approximate surface area is 67.1 Å². The van der Waals surface area contributed by atoms with Gasteiger partial charge in [0.25, 0.3) is 0 Å². The van der Waals surface area contributed by atoms with Crippen molar-refractivity contribution >= 4 is 0 Å². The smallest absolute Gasteiger partial charge is 0.0919 e. The Morgan fingerprint density at radius 1 is 1.64 bits per heavy atom. The van der Waals surface area contributed by atoms with E-state index in [1.165, 1.54) is 0 Å². The molecule has 0 aromatic carbocycles. The average molecular weight is 161 g/mol. The summed E-state index contributed by atoms with van der Waals surface area (Å²) in [5.74, 6) is 0. The highest BCUT2D eigenvalue weighted by atomic mass is 19.1. The third kappa shape index (κ3) is 2.75. The van der Waals surface area contributed by atoms with E-state index < -0.39 is 0 Å². The van der Waals surface area contributed by atoms with Crippen molar-refractivity contribution in [1.29, 1.82) is 0 Å². The van der Waals surface area contributed by atoms with Crippen LogP contribution in [0.15, 0.2) is 0 Å². The van der Waals surface area contributed by atoms with E-state index in [2.05, 4.69) is 19.2 Å². The van der Waals surface area contributed by atoms with Crippen LogP contribution in [0.3, 0.4) is 0 Å². The first-order chi connectivity index (χ1) is 5.14.